The van der Waals surface area contributed by atoms with E-state index in [9.17, 15) is 0 Å². The van der Waals surface area contributed by atoms with Gasteiger partial charge >= 0.3 is 0 Å². The van der Waals surface area contributed by atoms with Crippen molar-refractivity contribution in [1.29, 1.82) is 0 Å². The highest BCUT2D eigenvalue weighted by Crippen LogP contribution is 2.25. The molecular formula is C15H10Cl2N2S. The Morgan fingerprint density at radius 3 is 2.60 bits per heavy atom. The van der Waals surface area contributed by atoms with Crippen LogP contribution in [-0.2, 0) is 0 Å². The van der Waals surface area contributed by atoms with Crippen LogP contribution in [0.3, 0.4) is 0 Å². The van der Waals surface area contributed by atoms with E-state index in [1.807, 2.05) is 47.2 Å². The van der Waals surface area contributed by atoms with Gasteiger partial charge in [0, 0.05) is 17.3 Å². The second-order valence-electron chi connectivity index (χ2n) is 4.30. The molecule has 0 unspecified atom stereocenters. The van der Waals surface area contributed by atoms with Crippen LogP contribution < -0.4 is 5.32 Å². The van der Waals surface area contributed by atoms with Crippen LogP contribution >= 0.6 is 35.4 Å². The highest BCUT2D eigenvalue weighted by Gasteiger charge is 2.06. The number of hydrogen-bond acceptors (Lipinski definition) is 1. The number of fused-ring (bicyclic) bond motifs is 1. The fourth-order valence-corrected chi connectivity index (χ4v) is 2.59. The van der Waals surface area contributed by atoms with Crippen LogP contribution in [0.15, 0.2) is 54.7 Å². The third-order valence-corrected chi connectivity index (χ3v) is 4.03. The highest BCUT2D eigenvalue weighted by molar-refractivity contribution is 7.80. The van der Waals surface area contributed by atoms with Gasteiger partial charge in [-0.2, -0.15) is 0 Å². The lowest BCUT2D eigenvalue weighted by atomic mass is 10.2. The van der Waals surface area contributed by atoms with E-state index >= 15 is 0 Å². The van der Waals surface area contributed by atoms with E-state index in [4.69, 9.17) is 35.4 Å². The molecule has 3 aromatic rings. The van der Waals surface area contributed by atoms with E-state index in [1.165, 1.54) is 0 Å². The molecule has 100 valence electrons. The number of benzene rings is 2. The average molecular weight is 321 g/mol. The largest absolute Gasteiger partial charge is 0.332 e. The minimum atomic E-state index is 0.497. The summed E-state index contributed by atoms with van der Waals surface area (Å²) in [4.78, 5) is 0. The summed E-state index contributed by atoms with van der Waals surface area (Å²) in [5.41, 5.74) is 1.87. The number of hydrogen-bond donors (Lipinski definition) is 1. The molecule has 2 aromatic carbocycles. The summed E-state index contributed by atoms with van der Waals surface area (Å²) in [5, 5.41) is 5.91. The number of aromatic nitrogens is 1. The average Bonchev–Trinajstić information content (AvgIpc) is 2.87. The number of nitrogens with zero attached hydrogens (tertiary/aromatic N) is 1. The Morgan fingerprint density at radius 2 is 1.80 bits per heavy atom. The van der Waals surface area contributed by atoms with E-state index in [1.54, 1.807) is 12.1 Å². The zero-order chi connectivity index (χ0) is 14.1. The van der Waals surface area contributed by atoms with Crippen LogP contribution in [0.1, 0.15) is 0 Å². The van der Waals surface area contributed by atoms with Crippen molar-refractivity contribution < 1.29 is 0 Å². The summed E-state index contributed by atoms with van der Waals surface area (Å²) < 4.78 is 1.92. The van der Waals surface area contributed by atoms with Crippen LogP contribution in [-0.4, -0.2) is 9.68 Å². The number of anilines is 1. The minimum absolute atomic E-state index is 0.497. The third kappa shape index (κ3) is 2.52. The van der Waals surface area contributed by atoms with Gasteiger partial charge in [-0.05, 0) is 42.5 Å². The van der Waals surface area contributed by atoms with Crippen molar-refractivity contribution in [1.82, 2.24) is 4.57 Å². The molecule has 0 spiro atoms. The first-order valence-electron chi connectivity index (χ1n) is 5.97. The van der Waals surface area contributed by atoms with E-state index in [-0.39, 0.29) is 0 Å². The Bertz CT molecular complexity index is 795. The number of rotatable bonds is 1. The van der Waals surface area contributed by atoms with Gasteiger partial charge in [-0.3, -0.25) is 4.57 Å². The molecule has 0 saturated carbocycles. The van der Waals surface area contributed by atoms with Crippen LogP contribution in [0.25, 0.3) is 10.9 Å². The predicted molar refractivity (Wildman–Crippen MR) is 90.0 cm³/mol. The van der Waals surface area contributed by atoms with Crippen LogP contribution in [0.2, 0.25) is 10.0 Å². The van der Waals surface area contributed by atoms with Gasteiger partial charge in [0.1, 0.15) is 0 Å². The maximum Gasteiger partial charge on any atom is 0.182 e. The normalized spacial score (nSPS) is 10.7. The van der Waals surface area contributed by atoms with Gasteiger partial charge in [0.25, 0.3) is 0 Å². The van der Waals surface area contributed by atoms with Crippen molar-refractivity contribution in [3.05, 3.63) is 64.8 Å². The fourth-order valence-electron chi connectivity index (χ4n) is 2.02. The fraction of sp³-hybridized carbons (Fsp3) is 0. The number of thiocarbonyl (C=S) groups is 1. The van der Waals surface area contributed by atoms with Crippen LogP contribution in [0.4, 0.5) is 5.69 Å². The van der Waals surface area contributed by atoms with Crippen LogP contribution in [0, 0.1) is 0 Å². The predicted octanol–water partition coefficient (Wildman–Crippen LogP) is 5.19. The van der Waals surface area contributed by atoms with Crippen molar-refractivity contribution >= 4 is 57.1 Å². The van der Waals surface area contributed by atoms with Gasteiger partial charge in [-0.25, -0.2) is 0 Å². The first kappa shape index (κ1) is 13.4. The molecule has 0 bridgehead atoms. The molecule has 0 aliphatic rings. The SMILES string of the molecule is S=C(Nc1ccc(Cl)c(Cl)c1)n1ccc2ccccc21. The third-order valence-electron chi connectivity index (χ3n) is 2.99. The number of nitrogens with one attached hydrogen (secondary N) is 1. The second-order valence-corrected chi connectivity index (χ2v) is 5.50. The molecule has 0 aliphatic carbocycles. The Morgan fingerprint density at radius 1 is 1.00 bits per heavy atom. The van der Waals surface area contributed by atoms with Gasteiger partial charge in [0.15, 0.2) is 5.11 Å². The molecule has 0 fully saturated rings. The lowest BCUT2D eigenvalue weighted by molar-refractivity contribution is 1.24. The second kappa shape index (κ2) is 5.44. The van der Waals surface area contributed by atoms with Crippen molar-refractivity contribution in [2.45, 2.75) is 0 Å². The van der Waals surface area contributed by atoms with E-state index in [0.29, 0.717) is 15.2 Å². The van der Waals surface area contributed by atoms with Crippen LogP contribution in [0.5, 0.6) is 0 Å². The Labute approximate surface area is 131 Å². The molecule has 0 amide bonds. The molecule has 0 radical (unpaired) electrons. The molecule has 20 heavy (non-hydrogen) atoms. The van der Waals surface area contributed by atoms with E-state index < -0.39 is 0 Å². The number of halogens is 2. The molecule has 1 aromatic heterocycles. The van der Waals surface area contributed by atoms with Crippen molar-refractivity contribution in [3.63, 3.8) is 0 Å². The zero-order valence-corrected chi connectivity index (χ0v) is 12.6. The molecule has 0 atom stereocenters. The van der Waals surface area contributed by atoms with Crippen molar-refractivity contribution in [3.8, 4) is 0 Å². The number of para-hydroxylation sites is 1. The summed E-state index contributed by atoms with van der Waals surface area (Å²) in [6, 6.07) is 15.4. The maximum absolute atomic E-state index is 6.00. The van der Waals surface area contributed by atoms with Gasteiger partial charge in [0.2, 0.25) is 0 Å². The molecule has 3 rings (SSSR count). The van der Waals surface area contributed by atoms with Gasteiger partial charge in [0.05, 0.1) is 15.6 Å². The summed E-state index contributed by atoms with van der Waals surface area (Å²) in [7, 11) is 0. The minimum Gasteiger partial charge on any atom is -0.332 e. The van der Waals surface area contributed by atoms with Gasteiger partial charge < -0.3 is 5.32 Å². The summed E-state index contributed by atoms with van der Waals surface area (Å²) in [6.45, 7) is 0. The Kier molecular flexibility index (Phi) is 3.66. The van der Waals surface area contributed by atoms with Gasteiger partial charge in [-0.1, -0.05) is 41.4 Å². The molecule has 1 N–H and O–H groups in total. The molecule has 1 heterocycles. The molecule has 0 saturated heterocycles. The topological polar surface area (TPSA) is 17.0 Å². The smallest absolute Gasteiger partial charge is 0.182 e. The van der Waals surface area contributed by atoms with Crippen molar-refractivity contribution in [2.75, 3.05) is 5.32 Å². The Balaban J connectivity index is 1.91. The maximum atomic E-state index is 6.00. The summed E-state index contributed by atoms with van der Waals surface area (Å²) in [6.07, 6.45) is 1.94. The van der Waals surface area contributed by atoms with Crippen molar-refractivity contribution in [2.24, 2.45) is 0 Å². The lowest BCUT2D eigenvalue weighted by Crippen LogP contribution is -2.17. The standard InChI is InChI=1S/C15H10Cl2N2S/c16-12-6-5-11(9-13(12)17)18-15(20)19-8-7-10-3-1-2-4-14(10)19/h1-9H,(H,18,20). The zero-order valence-electron chi connectivity index (χ0n) is 10.3. The first-order chi connectivity index (χ1) is 9.65. The van der Waals surface area contributed by atoms with E-state index in [0.717, 1.165) is 16.6 Å². The van der Waals surface area contributed by atoms with Gasteiger partial charge in [-0.15, -0.1) is 0 Å². The summed E-state index contributed by atoms with van der Waals surface area (Å²) >= 11 is 17.3. The highest BCUT2D eigenvalue weighted by atomic mass is 35.5. The quantitative estimate of drug-likeness (QED) is 0.621. The monoisotopic (exact) mass is 320 g/mol. The Hall–Kier alpha value is -1.55. The first-order valence-corrected chi connectivity index (χ1v) is 7.14. The lowest BCUT2D eigenvalue weighted by Gasteiger charge is -2.11. The molecule has 5 heteroatoms. The van der Waals surface area contributed by atoms with E-state index in [2.05, 4.69) is 5.32 Å². The molecule has 2 nitrogen and oxygen atoms in total. The summed E-state index contributed by atoms with van der Waals surface area (Å²) in [5.74, 6) is 0. The molecule has 0 aliphatic heterocycles. The molecular weight excluding hydrogens is 311 g/mol.